The van der Waals surface area contributed by atoms with Gasteiger partial charge in [-0.15, -0.1) is 0 Å². The maximum absolute atomic E-state index is 13.2. The molecule has 0 aromatic carbocycles. The summed E-state index contributed by atoms with van der Waals surface area (Å²) in [5.41, 5.74) is 0. The Hall–Kier alpha value is -1.27. The Morgan fingerprint density at radius 3 is 1.30 bits per heavy atom. The minimum Gasteiger partial charge on any atom is -0.394 e. The molecule has 12 unspecified atom stereocenters. The standard InChI is InChI=1S/C57H109NO13/c1-3-5-7-9-11-13-15-16-17-18-19-20-21-22-23-24-25-26-27-28-29-30-31-32-34-36-38-40-46(61)45(58-49(62)41-39-37-35-33-14-12-10-8-6-4-2)44-68-56-54(67)52(65)55(48(43-60)70-56)71-57-53(66)51(64)50(63)47(42-59)69-57/h38,40,45-48,50-57,59-61,63-67H,3-37,39,41-44H2,1-2H3,(H,58,62)/b40-38+. The molecule has 0 aromatic heterocycles. The molecule has 14 nitrogen and oxygen atoms in total. The third kappa shape index (κ3) is 30.2. The van der Waals surface area contributed by atoms with Crippen molar-refractivity contribution in [2.45, 2.75) is 325 Å². The predicted octanol–water partition coefficient (Wildman–Crippen LogP) is 9.50. The molecule has 0 saturated carbocycles. The number of amides is 1. The molecule has 2 aliphatic heterocycles. The van der Waals surface area contributed by atoms with E-state index in [1.807, 2.05) is 6.08 Å². The Bertz CT molecular complexity index is 1240. The lowest BCUT2D eigenvalue weighted by atomic mass is 9.97. The lowest BCUT2D eigenvalue weighted by Crippen LogP contribution is -2.65. The highest BCUT2D eigenvalue weighted by Gasteiger charge is 2.51. The number of allylic oxidation sites excluding steroid dienone is 1. The van der Waals surface area contributed by atoms with E-state index in [2.05, 4.69) is 19.2 Å². The number of rotatable bonds is 47. The minimum absolute atomic E-state index is 0.239. The maximum atomic E-state index is 13.2. The summed E-state index contributed by atoms with van der Waals surface area (Å²) in [6.07, 6.45) is 32.8. The highest BCUT2D eigenvalue weighted by molar-refractivity contribution is 5.76. The second-order valence-electron chi connectivity index (χ2n) is 21.1. The smallest absolute Gasteiger partial charge is 0.220 e. The number of aliphatic hydroxyl groups excluding tert-OH is 8. The molecule has 420 valence electrons. The zero-order valence-electron chi connectivity index (χ0n) is 45.0. The number of ether oxygens (including phenoxy) is 4. The fourth-order valence-electron chi connectivity index (χ4n) is 9.94. The normalized spacial score (nSPS) is 25.8. The van der Waals surface area contributed by atoms with Gasteiger partial charge in [-0.05, 0) is 19.3 Å². The number of carbonyl (C=O) groups is 1. The van der Waals surface area contributed by atoms with Gasteiger partial charge < -0.3 is 65.1 Å². The van der Waals surface area contributed by atoms with Crippen LogP contribution < -0.4 is 5.32 Å². The van der Waals surface area contributed by atoms with Crippen LogP contribution in [-0.4, -0.2) is 140 Å². The van der Waals surface area contributed by atoms with Crippen LogP contribution in [-0.2, 0) is 23.7 Å². The van der Waals surface area contributed by atoms with Crippen molar-refractivity contribution >= 4 is 5.91 Å². The fraction of sp³-hybridized carbons (Fsp3) is 0.947. The molecule has 0 spiro atoms. The van der Waals surface area contributed by atoms with Crippen LogP contribution in [0.4, 0.5) is 0 Å². The highest BCUT2D eigenvalue weighted by atomic mass is 16.7. The van der Waals surface area contributed by atoms with E-state index in [4.69, 9.17) is 18.9 Å². The molecule has 0 aromatic rings. The van der Waals surface area contributed by atoms with Crippen molar-refractivity contribution in [3.63, 3.8) is 0 Å². The van der Waals surface area contributed by atoms with Crippen LogP contribution in [0.3, 0.4) is 0 Å². The van der Waals surface area contributed by atoms with E-state index >= 15 is 0 Å². The van der Waals surface area contributed by atoms with E-state index in [1.165, 1.54) is 186 Å². The van der Waals surface area contributed by atoms with Crippen LogP contribution in [0.2, 0.25) is 0 Å². The second kappa shape index (κ2) is 43.9. The SMILES string of the molecule is CCCCCCCCCCCCCCCCCCCCCCCCCCC/C=C/C(O)C(COC1OC(CO)C(OC2OC(CO)C(O)C(O)C2O)C(O)C1O)NC(=O)CCCCCCCCCCCC. The van der Waals surface area contributed by atoms with Crippen molar-refractivity contribution < 1.29 is 64.6 Å². The zero-order chi connectivity index (χ0) is 51.7. The first kappa shape index (κ1) is 65.8. The van der Waals surface area contributed by atoms with E-state index in [0.717, 1.165) is 38.5 Å². The van der Waals surface area contributed by atoms with Gasteiger partial charge in [-0.1, -0.05) is 238 Å². The topological polar surface area (TPSA) is 228 Å². The van der Waals surface area contributed by atoms with Crippen molar-refractivity contribution in [2.75, 3.05) is 19.8 Å². The molecule has 9 N–H and O–H groups in total. The summed E-state index contributed by atoms with van der Waals surface area (Å²) in [4.78, 5) is 13.2. The summed E-state index contributed by atoms with van der Waals surface area (Å²) in [6.45, 7) is 2.80. The quantitative estimate of drug-likeness (QED) is 0.0205. The van der Waals surface area contributed by atoms with Gasteiger partial charge in [0.2, 0.25) is 5.91 Å². The first-order chi connectivity index (χ1) is 34.6. The lowest BCUT2D eigenvalue weighted by Gasteiger charge is -2.46. The molecule has 71 heavy (non-hydrogen) atoms. The van der Waals surface area contributed by atoms with Gasteiger partial charge in [0, 0.05) is 6.42 Å². The monoisotopic (exact) mass is 1020 g/mol. The third-order valence-electron chi connectivity index (χ3n) is 14.7. The molecule has 2 fully saturated rings. The van der Waals surface area contributed by atoms with Crippen molar-refractivity contribution in [2.24, 2.45) is 0 Å². The van der Waals surface area contributed by atoms with Crippen LogP contribution in [0.25, 0.3) is 0 Å². The number of aliphatic hydroxyl groups is 8. The van der Waals surface area contributed by atoms with Crippen LogP contribution in [0, 0.1) is 0 Å². The average molecular weight is 1020 g/mol. The van der Waals surface area contributed by atoms with Crippen molar-refractivity contribution in [1.82, 2.24) is 5.32 Å². The summed E-state index contributed by atoms with van der Waals surface area (Å²) in [7, 11) is 0. The van der Waals surface area contributed by atoms with Gasteiger partial charge >= 0.3 is 0 Å². The number of hydrogen-bond acceptors (Lipinski definition) is 13. The Morgan fingerprint density at radius 1 is 0.493 bits per heavy atom. The number of hydrogen-bond donors (Lipinski definition) is 9. The van der Waals surface area contributed by atoms with Gasteiger partial charge in [0.05, 0.1) is 32.0 Å². The van der Waals surface area contributed by atoms with Gasteiger partial charge in [-0.2, -0.15) is 0 Å². The number of carbonyl (C=O) groups excluding carboxylic acids is 1. The first-order valence-electron chi connectivity index (χ1n) is 29.4. The van der Waals surface area contributed by atoms with Gasteiger partial charge in [-0.3, -0.25) is 4.79 Å². The molecular formula is C57H109NO13. The van der Waals surface area contributed by atoms with Crippen LogP contribution in [0.15, 0.2) is 12.2 Å². The Kier molecular flexibility index (Phi) is 40.7. The Labute approximate surface area is 431 Å². The molecule has 1 amide bonds. The molecule has 12 atom stereocenters. The summed E-state index contributed by atoms with van der Waals surface area (Å²) in [5.74, 6) is -0.239. The largest absolute Gasteiger partial charge is 0.394 e. The van der Waals surface area contributed by atoms with Crippen molar-refractivity contribution in [1.29, 1.82) is 0 Å². The lowest BCUT2D eigenvalue weighted by molar-refractivity contribution is -0.359. The van der Waals surface area contributed by atoms with E-state index in [9.17, 15) is 45.6 Å². The molecule has 2 saturated heterocycles. The average Bonchev–Trinajstić information content (AvgIpc) is 3.37. The fourth-order valence-corrected chi connectivity index (χ4v) is 9.94. The predicted molar refractivity (Wildman–Crippen MR) is 282 cm³/mol. The Morgan fingerprint density at radius 2 is 0.873 bits per heavy atom. The van der Waals surface area contributed by atoms with Gasteiger partial charge in [0.1, 0.15) is 48.8 Å². The zero-order valence-corrected chi connectivity index (χ0v) is 45.0. The minimum atomic E-state index is -1.78. The molecule has 2 aliphatic rings. The van der Waals surface area contributed by atoms with Gasteiger partial charge in [-0.25, -0.2) is 0 Å². The van der Waals surface area contributed by atoms with E-state index < -0.39 is 86.8 Å². The number of unbranched alkanes of at least 4 members (excludes halogenated alkanes) is 34. The summed E-state index contributed by atoms with van der Waals surface area (Å²) < 4.78 is 22.7. The molecule has 2 heterocycles. The van der Waals surface area contributed by atoms with Crippen molar-refractivity contribution in [3.05, 3.63) is 12.2 Å². The van der Waals surface area contributed by atoms with Crippen molar-refractivity contribution in [3.8, 4) is 0 Å². The molecule has 0 aliphatic carbocycles. The summed E-state index contributed by atoms with van der Waals surface area (Å²) in [6, 6.07) is -0.908. The van der Waals surface area contributed by atoms with Crippen LogP contribution in [0.1, 0.15) is 251 Å². The van der Waals surface area contributed by atoms with Gasteiger partial charge in [0.25, 0.3) is 0 Å². The van der Waals surface area contributed by atoms with E-state index in [-0.39, 0.29) is 18.9 Å². The van der Waals surface area contributed by atoms with Crippen LogP contribution >= 0.6 is 0 Å². The molecule has 0 bridgehead atoms. The second-order valence-corrected chi connectivity index (χ2v) is 21.1. The highest BCUT2D eigenvalue weighted by Crippen LogP contribution is 2.30. The van der Waals surface area contributed by atoms with Crippen LogP contribution in [0.5, 0.6) is 0 Å². The summed E-state index contributed by atoms with van der Waals surface area (Å²) >= 11 is 0. The summed E-state index contributed by atoms with van der Waals surface area (Å²) in [5, 5.41) is 86.9. The molecule has 2 rings (SSSR count). The molecule has 0 radical (unpaired) electrons. The molecule has 14 heteroatoms. The Balaban J connectivity index is 1.70. The van der Waals surface area contributed by atoms with E-state index in [0.29, 0.717) is 6.42 Å². The van der Waals surface area contributed by atoms with E-state index in [1.54, 1.807) is 6.08 Å². The third-order valence-corrected chi connectivity index (χ3v) is 14.7. The van der Waals surface area contributed by atoms with Gasteiger partial charge in [0.15, 0.2) is 12.6 Å². The molecular weight excluding hydrogens is 907 g/mol. The maximum Gasteiger partial charge on any atom is 0.220 e. The number of nitrogens with one attached hydrogen (secondary N) is 1. The first-order valence-corrected chi connectivity index (χ1v) is 29.4.